The maximum atomic E-state index is 10.3. The molecule has 0 saturated heterocycles. The highest BCUT2D eigenvalue weighted by molar-refractivity contribution is 5.52. The molecule has 1 aromatic rings. The standard InChI is InChI=1S/C11H15NO6/c13-4-10(15)11(16)6-18-5-7-1-2-9(14)8(3-7)12-17/h1-3,10-11,13-16H,4-6H2. The van der Waals surface area contributed by atoms with Crippen LogP contribution in [0.3, 0.4) is 0 Å². The number of rotatable bonds is 7. The third-order valence-corrected chi connectivity index (χ3v) is 2.33. The molecule has 0 fully saturated rings. The molecule has 0 heterocycles. The number of hydrogen-bond acceptors (Lipinski definition) is 7. The number of nitrogens with zero attached hydrogens (tertiary/aromatic N) is 1. The second-order valence-corrected chi connectivity index (χ2v) is 3.75. The van der Waals surface area contributed by atoms with Crippen molar-refractivity contribution in [3.63, 3.8) is 0 Å². The van der Waals surface area contributed by atoms with E-state index >= 15 is 0 Å². The number of aliphatic hydroxyl groups is 3. The Morgan fingerprint density at radius 3 is 2.61 bits per heavy atom. The fourth-order valence-corrected chi connectivity index (χ4v) is 1.26. The first-order valence-electron chi connectivity index (χ1n) is 5.28. The van der Waals surface area contributed by atoms with Gasteiger partial charge in [-0.2, -0.15) is 0 Å². The Hall–Kier alpha value is -1.54. The molecule has 0 aromatic heterocycles. The van der Waals surface area contributed by atoms with Crippen molar-refractivity contribution in [1.29, 1.82) is 0 Å². The zero-order chi connectivity index (χ0) is 13.5. The molecule has 7 nitrogen and oxygen atoms in total. The molecule has 0 bridgehead atoms. The van der Waals surface area contributed by atoms with Crippen LogP contribution in [-0.2, 0) is 11.3 Å². The fraction of sp³-hybridized carbons (Fsp3) is 0.455. The smallest absolute Gasteiger partial charge is 0.149 e. The molecule has 0 amide bonds. The normalized spacial score (nSPS) is 14.2. The number of phenols is 1. The highest BCUT2D eigenvalue weighted by atomic mass is 16.5. The molecule has 2 atom stereocenters. The molecule has 0 radical (unpaired) electrons. The minimum Gasteiger partial charge on any atom is -0.506 e. The minimum absolute atomic E-state index is 0.0814. The lowest BCUT2D eigenvalue weighted by Gasteiger charge is -2.15. The van der Waals surface area contributed by atoms with Gasteiger partial charge in [-0.3, -0.25) is 0 Å². The Labute approximate surface area is 103 Å². The quantitative estimate of drug-likeness (QED) is 0.511. The summed E-state index contributed by atoms with van der Waals surface area (Å²) < 4.78 is 5.10. The van der Waals surface area contributed by atoms with E-state index in [0.29, 0.717) is 5.56 Å². The average molecular weight is 257 g/mol. The summed E-state index contributed by atoms with van der Waals surface area (Å²) in [6, 6.07) is 4.21. The summed E-state index contributed by atoms with van der Waals surface area (Å²) in [5.74, 6) is -0.218. The SMILES string of the molecule is O=Nc1cc(COCC(O)C(O)CO)ccc1O. The number of phenolic OH excluding ortho intramolecular Hbond substituents is 1. The van der Waals surface area contributed by atoms with Gasteiger partial charge in [-0.15, -0.1) is 4.91 Å². The van der Waals surface area contributed by atoms with Gasteiger partial charge in [-0.05, 0) is 22.9 Å². The molecular weight excluding hydrogens is 242 g/mol. The first kappa shape index (κ1) is 14.5. The number of ether oxygens (including phenoxy) is 1. The highest BCUT2D eigenvalue weighted by Gasteiger charge is 2.15. The van der Waals surface area contributed by atoms with Crippen molar-refractivity contribution >= 4 is 5.69 Å². The van der Waals surface area contributed by atoms with E-state index in [4.69, 9.17) is 14.9 Å². The van der Waals surface area contributed by atoms with Crippen LogP contribution in [0.4, 0.5) is 5.69 Å². The van der Waals surface area contributed by atoms with E-state index in [9.17, 15) is 15.1 Å². The summed E-state index contributed by atoms with van der Waals surface area (Å²) in [5, 5.41) is 38.8. The maximum absolute atomic E-state index is 10.3. The summed E-state index contributed by atoms with van der Waals surface area (Å²) in [5.41, 5.74) is 0.500. The lowest BCUT2D eigenvalue weighted by molar-refractivity contribution is -0.0600. The van der Waals surface area contributed by atoms with E-state index in [1.54, 1.807) is 6.07 Å². The third-order valence-electron chi connectivity index (χ3n) is 2.33. The highest BCUT2D eigenvalue weighted by Crippen LogP contribution is 2.26. The van der Waals surface area contributed by atoms with Crippen molar-refractivity contribution < 1.29 is 25.2 Å². The molecule has 0 saturated carbocycles. The predicted octanol–water partition coefficient (Wildman–Crippen LogP) is 0.0208. The van der Waals surface area contributed by atoms with Crippen molar-refractivity contribution in [1.82, 2.24) is 0 Å². The minimum atomic E-state index is -1.25. The molecule has 2 unspecified atom stereocenters. The van der Waals surface area contributed by atoms with Crippen molar-refractivity contribution in [2.75, 3.05) is 13.2 Å². The summed E-state index contributed by atoms with van der Waals surface area (Å²) in [7, 11) is 0. The average Bonchev–Trinajstić information content (AvgIpc) is 2.39. The lowest BCUT2D eigenvalue weighted by atomic mass is 10.2. The van der Waals surface area contributed by atoms with Gasteiger partial charge in [0, 0.05) is 0 Å². The van der Waals surface area contributed by atoms with Crippen molar-refractivity contribution in [2.45, 2.75) is 18.8 Å². The van der Waals surface area contributed by atoms with Crippen LogP contribution in [0.25, 0.3) is 0 Å². The molecule has 0 spiro atoms. The van der Waals surface area contributed by atoms with Crippen LogP contribution in [0.2, 0.25) is 0 Å². The van der Waals surface area contributed by atoms with Gasteiger partial charge >= 0.3 is 0 Å². The Morgan fingerprint density at radius 1 is 1.28 bits per heavy atom. The van der Waals surface area contributed by atoms with Crippen molar-refractivity contribution in [3.05, 3.63) is 28.7 Å². The zero-order valence-electron chi connectivity index (χ0n) is 9.56. The molecule has 18 heavy (non-hydrogen) atoms. The molecule has 1 rings (SSSR count). The van der Waals surface area contributed by atoms with E-state index < -0.39 is 18.8 Å². The summed E-state index contributed by atoms with van der Waals surface area (Å²) in [6.45, 7) is -0.632. The van der Waals surface area contributed by atoms with Crippen LogP contribution >= 0.6 is 0 Å². The van der Waals surface area contributed by atoms with E-state index in [2.05, 4.69) is 5.18 Å². The Balaban J connectivity index is 2.46. The molecule has 4 N–H and O–H groups in total. The van der Waals surface area contributed by atoms with Gasteiger partial charge in [0.1, 0.15) is 23.6 Å². The van der Waals surface area contributed by atoms with Gasteiger partial charge in [-0.1, -0.05) is 6.07 Å². The summed E-state index contributed by atoms with van der Waals surface area (Å²) in [4.78, 5) is 10.3. The zero-order valence-corrected chi connectivity index (χ0v) is 9.56. The predicted molar refractivity (Wildman–Crippen MR) is 62.3 cm³/mol. The number of aliphatic hydroxyl groups excluding tert-OH is 3. The van der Waals surface area contributed by atoms with Gasteiger partial charge in [0.15, 0.2) is 0 Å². The molecular formula is C11H15NO6. The molecule has 1 aromatic carbocycles. The van der Waals surface area contributed by atoms with E-state index in [0.717, 1.165) is 0 Å². The third kappa shape index (κ3) is 4.04. The molecule has 0 aliphatic rings. The van der Waals surface area contributed by atoms with Gasteiger partial charge in [0.25, 0.3) is 0 Å². The summed E-state index contributed by atoms with van der Waals surface area (Å²) >= 11 is 0. The van der Waals surface area contributed by atoms with E-state index in [-0.39, 0.29) is 24.7 Å². The monoisotopic (exact) mass is 257 g/mol. The number of nitroso groups, excluding NO2 is 1. The van der Waals surface area contributed by atoms with Crippen LogP contribution in [0.5, 0.6) is 5.75 Å². The second-order valence-electron chi connectivity index (χ2n) is 3.75. The second kappa shape index (κ2) is 7.02. The first-order chi connectivity index (χ1) is 8.58. The van der Waals surface area contributed by atoms with Crippen LogP contribution in [0.15, 0.2) is 23.4 Å². The van der Waals surface area contributed by atoms with Crippen LogP contribution in [0, 0.1) is 4.91 Å². The number of aromatic hydroxyl groups is 1. The number of benzene rings is 1. The molecule has 0 aliphatic heterocycles. The topological polar surface area (TPSA) is 120 Å². The van der Waals surface area contributed by atoms with Crippen molar-refractivity contribution in [3.8, 4) is 5.75 Å². The Morgan fingerprint density at radius 2 is 2.00 bits per heavy atom. The van der Waals surface area contributed by atoms with Gasteiger partial charge < -0.3 is 25.2 Å². The van der Waals surface area contributed by atoms with Gasteiger partial charge in [0.05, 0.1) is 19.8 Å². The van der Waals surface area contributed by atoms with Crippen LogP contribution in [0.1, 0.15) is 5.56 Å². The molecule has 100 valence electrons. The lowest BCUT2D eigenvalue weighted by Crippen LogP contribution is -2.33. The molecule has 7 heteroatoms. The Bertz CT molecular complexity index is 397. The van der Waals surface area contributed by atoms with Crippen LogP contribution < -0.4 is 0 Å². The van der Waals surface area contributed by atoms with Crippen LogP contribution in [-0.4, -0.2) is 45.8 Å². The van der Waals surface area contributed by atoms with Crippen molar-refractivity contribution in [2.24, 2.45) is 5.18 Å². The van der Waals surface area contributed by atoms with Gasteiger partial charge in [0.2, 0.25) is 0 Å². The summed E-state index contributed by atoms with van der Waals surface area (Å²) in [6.07, 6.45) is -2.44. The fourth-order valence-electron chi connectivity index (χ4n) is 1.26. The Kier molecular flexibility index (Phi) is 5.66. The molecule has 0 aliphatic carbocycles. The maximum Gasteiger partial charge on any atom is 0.149 e. The van der Waals surface area contributed by atoms with E-state index in [1.165, 1.54) is 12.1 Å². The first-order valence-corrected chi connectivity index (χ1v) is 5.28. The van der Waals surface area contributed by atoms with E-state index in [1.807, 2.05) is 0 Å². The van der Waals surface area contributed by atoms with Gasteiger partial charge in [-0.25, -0.2) is 0 Å². The number of hydrogen-bond donors (Lipinski definition) is 4. The largest absolute Gasteiger partial charge is 0.506 e.